The van der Waals surface area contributed by atoms with Crippen molar-refractivity contribution in [1.29, 1.82) is 0 Å². The fraction of sp³-hybridized carbons (Fsp3) is 0.353. The van der Waals surface area contributed by atoms with Gasteiger partial charge in [0.25, 0.3) is 5.91 Å². The van der Waals surface area contributed by atoms with Crippen LogP contribution in [-0.2, 0) is 4.79 Å². The second kappa shape index (κ2) is 6.91. The molecule has 2 aromatic rings. The first kappa shape index (κ1) is 15.7. The molecular formula is C17H19N3O2S. The summed E-state index contributed by atoms with van der Waals surface area (Å²) in [6.07, 6.45) is 2.55. The van der Waals surface area contributed by atoms with Crippen LogP contribution in [0.2, 0.25) is 0 Å². The van der Waals surface area contributed by atoms with Crippen molar-refractivity contribution in [2.75, 3.05) is 6.54 Å². The molecule has 1 saturated heterocycles. The van der Waals surface area contributed by atoms with Gasteiger partial charge in [0.1, 0.15) is 16.7 Å². The molecule has 1 fully saturated rings. The van der Waals surface area contributed by atoms with E-state index in [2.05, 4.69) is 15.6 Å². The monoisotopic (exact) mass is 329 g/mol. The zero-order chi connectivity index (χ0) is 16.2. The number of aromatic nitrogens is 1. The summed E-state index contributed by atoms with van der Waals surface area (Å²) in [4.78, 5) is 28.6. The highest BCUT2D eigenvalue weighted by atomic mass is 32.1. The Hall–Kier alpha value is -2.21. The van der Waals surface area contributed by atoms with Gasteiger partial charge in [0.05, 0.1) is 0 Å². The fourth-order valence-electron chi connectivity index (χ4n) is 2.52. The number of amides is 2. The molecule has 1 aromatic carbocycles. The highest BCUT2D eigenvalue weighted by molar-refractivity contribution is 7.13. The van der Waals surface area contributed by atoms with Crippen molar-refractivity contribution in [2.45, 2.75) is 32.2 Å². The second-order valence-electron chi connectivity index (χ2n) is 5.72. The number of hydrogen-bond donors (Lipinski definition) is 2. The molecule has 0 spiro atoms. The number of thiazole rings is 1. The molecule has 3 rings (SSSR count). The molecule has 1 aliphatic rings. The van der Waals surface area contributed by atoms with E-state index in [1.807, 2.05) is 31.2 Å². The average Bonchev–Trinajstić information content (AvgIpc) is 2.95. The normalized spacial score (nSPS) is 18.1. The Morgan fingerprint density at radius 1 is 1.30 bits per heavy atom. The summed E-state index contributed by atoms with van der Waals surface area (Å²) >= 11 is 1.43. The number of carbonyl (C=O) groups excluding carboxylic acids is 2. The van der Waals surface area contributed by atoms with E-state index in [4.69, 9.17) is 0 Å². The molecule has 0 unspecified atom stereocenters. The van der Waals surface area contributed by atoms with E-state index in [0.29, 0.717) is 18.7 Å². The van der Waals surface area contributed by atoms with E-state index < -0.39 is 6.04 Å². The molecule has 0 radical (unpaired) electrons. The number of hydrogen-bond acceptors (Lipinski definition) is 4. The molecule has 1 aromatic heterocycles. The summed E-state index contributed by atoms with van der Waals surface area (Å²) in [5, 5.41) is 8.15. The summed E-state index contributed by atoms with van der Waals surface area (Å²) in [6, 6.07) is 7.57. The van der Waals surface area contributed by atoms with Gasteiger partial charge in [-0.3, -0.25) is 9.59 Å². The van der Waals surface area contributed by atoms with Gasteiger partial charge in [0, 0.05) is 17.5 Å². The maximum atomic E-state index is 12.3. The molecule has 1 atom stereocenters. The topological polar surface area (TPSA) is 71.1 Å². The highest BCUT2D eigenvalue weighted by Gasteiger charge is 2.23. The largest absolute Gasteiger partial charge is 0.354 e. The quantitative estimate of drug-likeness (QED) is 0.909. The maximum Gasteiger partial charge on any atom is 0.271 e. The fourth-order valence-corrected chi connectivity index (χ4v) is 3.32. The van der Waals surface area contributed by atoms with E-state index >= 15 is 0 Å². The first-order valence-electron chi connectivity index (χ1n) is 7.74. The van der Waals surface area contributed by atoms with Crippen molar-refractivity contribution in [1.82, 2.24) is 15.6 Å². The minimum absolute atomic E-state index is 0.107. The number of benzene rings is 1. The lowest BCUT2D eigenvalue weighted by Gasteiger charge is -2.14. The zero-order valence-electron chi connectivity index (χ0n) is 13.0. The Kier molecular flexibility index (Phi) is 4.71. The third-order valence-corrected chi connectivity index (χ3v) is 4.77. The van der Waals surface area contributed by atoms with Gasteiger partial charge < -0.3 is 10.6 Å². The third-order valence-electron chi connectivity index (χ3n) is 3.88. The van der Waals surface area contributed by atoms with Crippen LogP contribution in [0.3, 0.4) is 0 Å². The molecule has 2 amide bonds. The van der Waals surface area contributed by atoms with E-state index in [1.165, 1.54) is 16.9 Å². The lowest BCUT2D eigenvalue weighted by Crippen LogP contribution is -2.45. The van der Waals surface area contributed by atoms with Gasteiger partial charge in [0.2, 0.25) is 5.91 Å². The van der Waals surface area contributed by atoms with Crippen LogP contribution in [0.5, 0.6) is 0 Å². The SMILES string of the molecule is Cc1ccc(-c2nc(C(=O)N[C@@H]3CCCCNC3=O)cs2)cc1. The molecule has 5 nitrogen and oxygen atoms in total. The molecule has 0 saturated carbocycles. The number of nitrogens with zero attached hydrogens (tertiary/aromatic N) is 1. The molecular weight excluding hydrogens is 310 g/mol. The lowest BCUT2D eigenvalue weighted by atomic mass is 10.1. The van der Waals surface area contributed by atoms with Crippen LogP contribution >= 0.6 is 11.3 Å². The number of aryl methyl sites for hydroxylation is 1. The predicted octanol–water partition coefficient (Wildman–Crippen LogP) is 2.52. The molecule has 23 heavy (non-hydrogen) atoms. The Balaban J connectivity index is 1.70. The van der Waals surface area contributed by atoms with E-state index in [9.17, 15) is 9.59 Å². The Morgan fingerprint density at radius 2 is 2.09 bits per heavy atom. The molecule has 120 valence electrons. The van der Waals surface area contributed by atoms with Gasteiger partial charge >= 0.3 is 0 Å². The van der Waals surface area contributed by atoms with E-state index in [0.717, 1.165) is 23.4 Å². The highest BCUT2D eigenvalue weighted by Crippen LogP contribution is 2.24. The van der Waals surface area contributed by atoms with Crippen LogP contribution in [0.25, 0.3) is 10.6 Å². The molecule has 2 N–H and O–H groups in total. The Bertz CT molecular complexity index is 709. The van der Waals surface area contributed by atoms with Gasteiger partial charge in [0.15, 0.2) is 0 Å². The summed E-state index contributed by atoms with van der Waals surface area (Å²) < 4.78 is 0. The minimum Gasteiger partial charge on any atom is -0.354 e. The smallest absolute Gasteiger partial charge is 0.271 e. The van der Waals surface area contributed by atoms with Gasteiger partial charge in [-0.15, -0.1) is 11.3 Å². The van der Waals surface area contributed by atoms with E-state index in [1.54, 1.807) is 5.38 Å². The Morgan fingerprint density at radius 3 is 2.87 bits per heavy atom. The van der Waals surface area contributed by atoms with Crippen LogP contribution in [0, 0.1) is 6.92 Å². The molecule has 0 bridgehead atoms. The molecule has 6 heteroatoms. The first-order valence-corrected chi connectivity index (χ1v) is 8.62. The van der Waals surface area contributed by atoms with Crippen molar-refractivity contribution >= 4 is 23.2 Å². The van der Waals surface area contributed by atoms with Crippen molar-refractivity contribution < 1.29 is 9.59 Å². The van der Waals surface area contributed by atoms with Crippen LogP contribution < -0.4 is 10.6 Å². The molecule has 0 aliphatic carbocycles. The van der Waals surface area contributed by atoms with Crippen LogP contribution in [-0.4, -0.2) is 29.4 Å². The van der Waals surface area contributed by atoms with Gasteiger partial charge in [-0.25, -0.2) is 4.98 Å². The van der Waals surface area contributed by atoms with Gasteiger partial charge in [-0.05, 0) is 26.2 Å². The van der Waals surface area contributed by atoms with Crippen LogP contribution in [0.15, 0.2) is 29.6 Å². The third kappa shape index (κ3) is 3.76. The zero-order valence-corrected chi connectivity index (χ0v) is 13.8. The van der Waals surface area contributed by atoms with Crippen molar-refractivity contribution in [2.24, 2.45) is 0 Å². The number of nitrogens with one attached hydrogen (secondary N) is 2. The summed E-state index contributed by atoms with van der Waals surface area (Å²) in [7, 11) is 0. The summed E-state index contributed by atoms with van der Waals surface area (Å²) in [5.41, 5.74) is 2.54. The van der Waals surface area contributed by atoms with Gasteiger partial charge in [-0.2, -0.15) is 0 Å². The van der Waals surface area contributed by atoms with Crippen LogP contribution in [0.4, 0.5) is 0 Å². The van der Waals surface area contributed by atoms with Crippen molar-refractivity contribution in [3.63, 3.8) is 0 Å². The average molecular weight is 329 g/mol. The maximum absolute atomic E-state index is 12.3. The first-order chi connectivity index (χ1) is 11.1. The summed E-state index contributed by atoms with van der Waals surface area (Å²) in [5.74, 6) is -0.397. The summed E-state index contributed by atoms with van der Waals surface area (Å²) in [6.45, 7) is 2.71. The minimum atomic E-state index is -0.463. The predicted molar refractivity (Wildman–Crippen MR) is 90.4 cm³/mol. The second-order valence-corrected chi connectivity index (χ2v) is 6.57. The number of rotatable bonds is 3. The Labute approximate surface area is 139 Å². The van der Waals surface area contributed by atoms with E-state index in [-0.39, 0.29) is 11.8 Å². The van der Waals surface area contributed by atoms with Crippen molar-refractivity contribution in [3.05, 3.63) is 40.9 Å². The standard InChI is InChI=1S/C17H19N3O2S/c1-11-5-7-12(8-6-11)17-20-14(10-23-17)16(22)19-13-4-2-3-9-18-15(13)21/h5-8,10,13H,2-4,9H2,1H3,(H,18,21)(H,19,22)/t13-/m1/s1. The van der Waals surface area contributed by atoms with Crippen LogP contribution in [0.1, 0.15) is 35.3 Å². The van der Waals surface area contributed by atoms with Gasteiger partial charge in [-0.1, -0.05) is 29.8 Å². The molecule has 2 heterocycles. The van der Waals surface area contributed by atoms with Crippen molar-refractivity contribution in [3.8, 4) is 10.6 Å². The number of carbonyl (C=O) groups is 2. The lowest BCUT2D eigenvalue weighted by molar-refractivity contribution is -0.122. The molecule has 1 aliphatic heterocycles.